The SMILES string of the molecule is Cc1ccccc1CN1CCN(Cc2ccc(O)c(Cl)c2)C[C@@H]1CCO. The number of halogens is 1. The summed E-state index contributed by atoms with van der Waals surface area (Å²) in [6, 6.07) is 14.2. The van der Waals surface area contributed by atoms with Crippen LogP contribution in [0.5, 0.6) is 5.75 Å². The third kappa shape index (κ3) is 4.77. The Hall–Kier alpha value is -1.59. The van der Waals surface area contributed by atoms with Gasteiger partial charge < -0.3 is 10.2 Å². The molecule has 2 N–H and O–H groups in total. The first-order chi connectivity index (χ1) is 12.6. The Labute approximate surface area is 160 Å². The first-order valence-corrected chi connectivity index (χ1v) is 9.54. The number of hydrogen-bond acceptors (Lipinski definition) is 4. The van der Waals surface area contributed by atoms with Crippen molar-refractivity contribution in [2.45, 2.75) is 32.5 Å². The molecule has 2 aromatic rings. The monoisotopic (exact) mass is 374 g/mol. The van der Waals surface area contributed by atoms with Crippen LogP contribution < -0.4 is 0 Å². The van der Waals surface area contributed by atoms with Gasteiger partial charge in [0.05, 0.1) is 5.02 Å². The lowest BCUT2D eigenvalue weighted by Crippen LogP contribution is -2.52. The van der Waals surface area contributed by atoms with E-state index in [2.05, 4.69) is 41.0 Å². The number of piperazine rings is 1. The minimum atomic E-state index is 0.122. The van der Waals surface area contributed by atoms with Crippen molar-refractivity contribution >= 4 is 11.6 Å². The van der Waals surface area contributed by atoms with Crippen LogP contribution in [0, 0.1) is 6.92 Å². The number of aryl methyl sites for hydroxylation is 1. The smallest absolute Gasteiger partial charge is 0.134 e. The quantitative estimate of drug-likeness (QED) is 0.813. The number of rotatable bonds is 6. The summed E-state index contributed by atoms with van der Waals surface area (Å²) in [5.41, 5.74) is 3.77. The lowest BCUT2D eigenvalue weighted by Gasteiger charge is -2.41. The van der Waals surface area contributed by atoms with Gasteiger partial charge in [-0.2, -0.15) is 0 Å². The molecule has 0 radical (unpaired) electrons. The lowest BCUT2D eigenvalue weighted by atomic mass is 10.0. The maximum absolute atomic E-state index is 9.58. The predicted molar refractivity (Wildman–Crippen MR) is 105 cm³/mol. The number of aromatic hydroxyl groups is 1. The fourth-order valence-corrected chi connectivity index (χ4v) is 3.85. The molecule has 0 amide bonds. The Kier molecular flexibility index (Phi) is 6.54. The largest absolute Gasteiger partial charge is 0.506 e. The van der Waals surface area contributed by atoms with E-state index in [4.69, 9.17) is 11.6 Å². The highest BCUT2D eigenvalue weighted by molar-refractivity contribution is 6.32. The van der Waals surface area contributed by atoms with Gasteiger partial charge in [-0.15, -0.1) is 0 Å². The van der Waals surface area contributed by atoms with Crippen LogP contribution in [0.3, 0.4) is 0 Å². The summed E-state index contributed by atoms with van der Waals surface area (Å²) in [5.74, 6) is 0.122. The molecule has 0 saturated carbocycles. The van der Waals surface area contributed by atoms with Gasteiger partial charge in [0, 0.05) is 45.4 Å². The second-order valence-corrected chi connectivity index (χ2v) is 7.49. The highest BCUT2D eigenvalue weighted by Gasteiger charge is 2.27. The highest BCUT2D eigenvalue weighted by atomic mass is 35.5. The van der Waals surface area contributed by atoms with E-state index in [0.717, 1.165) is 44.7 Å². The molecule has 4 nitrogen and oxygen atoms in total. The van der Waals surface area contributed by atoms with Crippen LogP contribution in [-0.4, -0.2) is 52.3 Å². The van der Waals surface area contributed by atoms with Crippen LogP contribution in [-0.2, 0) is 13.1 Å². The molecule has 3 rings (SSSR count). The topological polar surface area (TPSA) is 46.9 Å². The first-order valence-electron chi connectivity index (χ1n) is 9.16. The summed E-state index contributed by atoms with van der Waals surface area (Å²) >= 11 is 6.03. The molecular formula is C21H27ClN2O2. The zero-order valence-electron chi connectivity index (χ0n) is 15.2. The van der Waals surface area contributed by atoms with Gasteiger partial charge >= 0.3 is 0 Å². The third-order valence-electron chi connectivity index (χ3n) is 5.20. The van der Waals surface area contributed by atoms with Crippen molar-refractivity contribution in [3.8, 4) is 5.75 Å². The molecule has 1 atom stereocenters. The Morgan fingerprint density at radius 2 is 1.92 bits per heavy atom. The molecule has 0 unspecified atom stereocenters. The third-order valence-corrected chi connectivity index (χ3v) is 5.51. The number of aliphatic hydroxyl groups is 1. The van der Waals surface area contributed by atoms with Gasteiger partial charge in [0.2, 0.25) is 0 Å². The van der Waals surface area contributed by atoms with E-state index in [1.165, 1.54) is 11.1 Å². The zero-order valence-corrected chi connectivity index (χ0v) is 16.0. The number of benzene rings is 2. The van der Waals surface area contributed by atoms with Crippen LogP contribution in [0.25, 0.3) is 0 Å². The fraction of sp³-hybridized carbons (Fsp3) is 0.429. The Balaban J connectivity index is 1.65. The number of phenols is 1. The van der Waals surface area contributed by atoms with E-state index in [-0.39, 0.29) is 12.4 Å². The highest BCUT2D eigenvalue weighted by Crippen LogP contribution is 2.25. The van der Waals surface area contributed by atoms with Gasteiger partial charge in [-0.05, 0) is 42.2 Å². The molecule has 140 valence electrons. The zero-order chi connectivity index (χ0) is 18.5. The van der Waals surface area contributed by atoms with Crippen LogP contribution in [0.1, 0.15) is 23.1 Å². The standard InChI is InChI=1S/C21H27ClN2O2/c1-16-4-2-3-5-18(16)14-24-10-9-23(15-19(24)8-11-25)13-17-6-7-21(26)20(22)12-17/h2-7,12,19,25-26H,8-11,13-15H2,1H3/t19-/m0/s1. The molecule has 1 saturated heterocycles. The van der Waals surface area contributed by atoms with E-state index in [0.29, 0.717) is 11.1 Å². The molecule has 1 fully saturated rings. The maximum Gasteiger partial charge on any atom is 0.134 e. The van der Waals surface area contributed by atoms with Crippen molar-refractivity contribution in [1.29, 1.82) is 0 Å². The molecule has 1 aliphatic heterocycles. The second kappa shape index (κ2) is 8.87. The molecule has 1 heterocycles. The van der Waals surface area contributed by atoms with E-state index in [1.54, 1.807) is 6.07 Å². The van der Waals surface area contributed by atoms with Gasteiger partial charge in [-0.25, -0.2) is 0 Å². The molecule has 0 aromatic heterocycles. The number of phenolic OH excluding ortho intramolecular Hbond substituents is 1. The summed E-state index contributed by atoms with van der Waals surface area (Å²) in [5, 5.41) is 19.5. The molecule has 1 aliphatic rings. The number of hydrogen-bond donors (Lipinski definition) is 2. The van der Waals surface area contributed by atoms with Crippen molar-refractivity contribution in [2.24, 2.45) is 0 Å². The van der Waals surface area contributed by atoms with Crippen LogP contribution >= 0.6 is 11.6 Å². The normalized spacial score (nSPS) is 19.0. The Morgan fingerprint density at radius 3 is 2.65 bits per heavy atom. The second-order valence-electron chi connectivity index (χ2n) is 7.08. The molecule has 0 aliphatic carbocycles. The van der Waals surface area contributed by atoms with Crippen molar-refractivity contribution in [2.75, 3.05) is 26.2 Å². The Bertz CT molecular complexity index is 738. The van der Waals surface area contributed by atoms with Gasteiger partial charge in [0.15, 0.2) is 0 Å². The molecule has 0 bridgehead atoms. The van der Waals surface area contributed by atoms with Gasteiger partial charge in [-0.1, -0.05) is 41.9 Å². The molecule has 26 heavy (non-hydrogen) atoms. The number of nitrogens with zero attached hydrogens (tertiary/aromatic N) is 2. The number of aliphatic hydroxyl groups excluding tert-OH is 1. The molecule has 2 aromatic carbocycles. The average molecular weight is 375 g/mol. The van der Waals surface area contributed by atoms with Crippen LogP contribution in [0.2, 0.25) is 5.02 Å². The van der Waals surface area contributed by atoms with Gasteiger partial charge in [0.1, 0.15) is 5.75 Å². The summed E-state index contributed by atoms with van der Waals surface area (Å²) in [6.45, 7) is 6.97. The van der Waals surface area contributed by atoms with Crippen molar-refractivity contribution in [3.63, 3.8) is 0 Å². The van der Waals surface area contributed by atoms with E-state index in [1.807, 2.05) is 12.1 Å². The van der Waals surface area contributed by atoms with E-state index >= 15 is 0 Å². The van der Waals surface area contributed by atoms with Crippen molar-refractivity contribution < 1.29 is 10.2 Å². The Morgan fingerprint density at radius 1 is 1.12 bits per heavy atom. The molecular weight excluding hydrogens is 348 g/mol. The van der Waals surface area contributed by atoms with E-state index < -0.39 is 0 Å². The molecule has 5 heteroatoms. The van der Waals surface area contributed by atoms with Crippen LogP contribution in [0.4, 0.5) is 0 Å². The first kappa shape index (κ1) is 19.2. The van der Waals surface area contributed by atoms with E-state index in [9.17, 15) is 10.2 Å². The summed E-state index contributed by atoms with van der Waals surface area (Å²) in [4.78, 5) is 4.89. The summed E-state index contributed by atoms with van der Waals surface area (Å²) in [7, 11) is 0. The summed E-state index contributed by atoms with van der Waals surface area (Å²) in [6.07, 6.45) is 0.777. The van der Waals surface area contributed by atoms with Crippen molar-refractivity contribution in [1.82, 2.24) is 9.80 Å². The average Bonchev–Trinajstić information content (AvgIpc) is 2.62. The molecule has 0 spiro atoms. The minimum absolute atomic E-state index is 0.122. The lowest BCUT2D eigenvalue weighted by molar-refractivity contribution is 0.0498. The van der Waals surface area contributed by atoms with Gasteiger partial charge in [0.25, 0.3) is 0 Å². The maximum atomic E-state index is 9.58. The summed E-state index contributed by atoms with van der Waals surface area (Å²) < 4.78 is 0. The van der Waals surface area contributed by atoms with Crippen LogP contribution in [0.15, 0.2) is 42.5 Å². The van der Waals surface area contributed by atoms with Gasteiger partial charge in [-0.3, -0.25) is 9.80 Å². The predicted octanol–water partition coefficient (Wildman–Crippen LogP) is 3.42. The van der Waals surface area contributed by atoms with Crippen molar-refractivity contribution in [3.05, 3.63) is 64.2 Å². The minimum Gasteiger partial charge on any atom is -0.506 e. The fourth-order valence-electron chi connectivity index (χ4n) is 3.65.